The third kappa shape index (κ3) is 3.70. The van der Waals surface area contributed by atoms with Gasteiger partial charge in [0.15, 0.2) is 0 Å². The summed E-state index contributed by atoms with van der Waals surface area (Å²) >= 11 is 0. The van der Waals surface area contributed by atoms with E-state index in [0.29, 0.717) is 19.0 Å². The molecule has 1 nitrogen and oxygen atoms in total. The summed E-state index contributed by atoms with van der Waals surface area (Å²) in [5.74, 6) is -0.832. The molecule has 0 aliphatic heterocycles. The van der Waals surface area contributed by atoms with Gasteiger partial charge in [-0.3, -0.25) is 0 Å². The summed E-state index contributed by atoms with van der Waals surface area (Å²) in [7, 11) is 0. The van der Waals surface area contributed by atoms with Crippen LogP contribution >= 0.6 is 0 Å². The summed E-state index contributed by atoms with van der Waals surface area (Å²) < 4.78 is 50.5. The molecular formula is C12H15F4N. The van der Waals surface area contributed by atoms with Crippen LogP contribution in [0.3, 0.4) is 0 Å². The molecule has 1 aromatic rings. The number of hydrogen-bond acceptors (Lipinski definition) is 1. The van der Waals surface area contributed by atoms with Crippen LogP contribution in [-0.4, -0.2) is 6.54 Å². The number of hydrogen-bond donors (Lipinski definition) is 1. The Labute approximate surface area is 97.6 Å². The van der Waals surface area contributed by atoms with E-state index in [4.69, 9.17) is 5.73 Å². The lowest BCUT2D eigenvalue weighted by Crippen LogP contribution is -2.26. The molecule has 0 saturated heterocycles. The highest BCUT2D eigenvalue weighted by molar-refractivity contribution is 5.27. The minimum atomic E-state index is -4.51. The van der Waals surface area contributed by atoms with Gasteiger partial charge in [0.05, 0.1) is 5.56 Å². The quantitative estimate of drug-likeness (QED) is 0.816. The molecule has 0 aromatic heterocycles. The van der Waals surface area contributed by atoms with Crippen LogP contribution in [0.1, 0.15) is 25.0 Å². The lowest BCUT2D eigenvalue weighted by Gasteiger charge is -2.22. The van der Waals surface area contributed by atoms with Crippen LogP contribution in [0.2, 0.25) is 0 Å². The average molecular weight is 249 g/mol. The van der Waals surface area contributed by atoms with Crippen molar-refractivity contribution in [3.63, 3.8) is 0 Å². The molecule has 5 heteroatoms. The number of halogens is 4. The second kappa shape index (κ2) is 4.64. The Morgan fingerprint density at radius 2 is 1.76 bits per heavy atom. The van der Waals surface area contributed by atoms with Crippen LogP contribution < -0.4 is 5.73 Å². The van der Waals surface area contributed by atoms with Crippen LogP contribution in [0.15, 0.2) is 18.2 Å². The first-order valence-corrected chi connectivity index (χ1v) is 5.21. The van der Waals surface area contributed by atoms with Crippen LogP contribution in [0, 0.1) is 11.2 Å². The van der Waals surface area contributed by atoms with Gasteiger partial charge in [-0.05, 0) is 36.1 Å². The number of benzene rings is 1. The Kier molecular flexibility index (Phi) is 3.81. The molecule has 0 radical (unpaired) electrons. The second-order valence-corrected chi connectivity index (χ2v) is 4.85. The van der Waals surface area contributed by atoms with Crippen molar-refractivity contribution in [2.24, 2.45) is 11.1 Å². The van der Waals surface area contributed by atoms with E-state index in [1.165, 1.54) is 6.07 Å². The van der Waals surface area contributed by atoms with Crippen molar-refractivity contribution in [3.8, 4) is 0 Å². The zero-order chi connectivity index (χ0) is 13.3. The molecule has 1 aromatic carbocycles. The van der Waals surface area contributed by atoms with E-state index in [1.807, 2.05) is 13.8 Å². The minimum absolute atomic E-state index is 0.258. The maximum absolute atomic E-state index is 13.5. The summed E-state index contributed by atoms with van der Waals surface area (Å²) in [5.41, 5.74) is 4.46. The maximum atomic E-state index is 13.5. The smallest absolute Gasteiger partial charge is 0.330 e. The van der Waals surface area contributed by atoms with Gasteiger partial charge in [-0.15, -0.1) is 0 Å². The first-order valence-electron chi connectivity index (χ1n) is 5.21. The number of nitrogens with two attached hydrogens (primary N) is 1. The monoisotopic (exact) mass is 249 g/mol. The molecule has 0 amide bonds. The molecule has 0 atom stereocenters. The van der Waals surface area contributed by atoms with Crippen LogP contribution in [-0.2, 0) is 12.6 Å². The predicted molar refractivity (Wildman–Crippen MR) is 57.9 cm³/mol. The van der Waals surface area contributed by atoms with Gasteiger partial charge >= 0.3 is 6.18 Å². The highest BCUT2D eigenvalue weighted by atomic mass is 19.4. The van der Waals surface area contributed by atoms with Gasteiger partial charge in [-0.2, -0.15) is 13.2 Å². The van der Waals surface area contributed by atoms with Gasteiger partial charge < -0.3 is 5.73 Å². The van der Waals surface area contributed by atoms with Crippen molar-refractivity contribution in [1.82, 2.24) is 0 Å². The molecule has 2 N–H and O–H groups in total. The summed E-state index contributed by atoms with van der Waals surface area (Å²) in [4.78, 5) is 0. The normalized spacial score (nSPS) is 12.9. The molecule has 1 rings (SSSR count). The lowest BCUT2D eigenvalue weighted by atomic mass is 9.85. The Morgan fingerprint density at radius 1 is 1.18 bits per heavy atom. The molecule has 0 aliphatic rings. The molecule has 0 spiro atoms. The van der Waals surface area contributed by atoms with Gasteiger partial charge in [-0.1, -0.05) is 19.9 Å². The van der Waals surface area contributed by atoms with Crippen molar-refractivity contribution >= 4 is 0 Å². The minimum Gasteiger partial charge on any atom is -0.330 e. The largest absolute Gasteiger partial charge is 0.416 e. The first kappa shape index (κ1) is 14.0. The van der Waals surface area contributed by atoms with Crippen LogP contribution in [0.25, 0.3) is 0 Å². The zero-order valence-corrected chi connectivity index (χ0v) is 9.74. The second-order valence-electron chi connectivity index (χ2n) is 4.85. The predicted octanol–water partition coefficient (Wildman–Crippen LogP) is 3.37. The first-order chi connectivity index (χ1) is 7.65. The molecule has 96 valence electrons. The fraction of sp³-hybridized carbons (Fsp3) is 0.500. The Hall–Kier alpha value is -1.10. The highest BCUT2D eigenvalue weighted by Gasteiger charge is 2.31. The maximum Gasteiger partial charge on any atom is 0.416 e. The molecule has 17 heavy (non-hydrogen) atoms. The Bertz CT molecular complexity index is 396. The molecule has 0 heterocycles. The lowest BCUT2D eigenvalue weighted by molar-refractivity contribution is -0.137. The molecule has 0 fully saturated rings. The third-order valence-electron chi connectivity index (χ3n) is 2.60. The molecule has 0 unspecified atom stereocenters. The van der Waals surface area contributed by atoms with E-state index in [2.05, 4.69) is 0 Å². The van der Waals surface area contributed by atoms with E-state index in [1.54, 1.807) is 0 Å². The third-order valence-corrected chi connectivity index (χ3v) is 2.60. The van der Waals surface area contributed by atoms with Gasteiger partial charge in [0, 0.05) is 0 Å². The van der Waals surface area contributed by atoms with Gasteiger partial charge in [0.2, 0.25) is 0 Å². The van der Waals surface area contributed by atoms with Crippen molar-refractivity contribution in [3.05, 3.63) is 35.1 Å². The molecule has 0 aliphatic carbocycles. The van der Waals surface area contributed by atoms with E-state index < -0.39 is 17.6 Å². The van der Waals surface area contributed by atoms with Crippen LogP contribution in [0.5, 0.6) is 0 Å². The average Bonchev–Trinajstić information content (AvgIpc) is 2.19. The number of alkyl halides is 3. The van der Waals surface area contributed by atoms with Gasteiger partial charge in [0.1, 0.15) is 5.82 Å². The standard InChI is InChI=1S/C12H15F4N/c1-11(2,7-17)6-8-3-4-9(5-10(8)13)12(14,15)16/h3-5H,6-7,17H2,1-2H3. The van der Waals surface area contributed by atoms with Crippen molar-refractivity contribution < 1.29 is 17.6 Å². The van der Waals surface area contributed by atoms with E-state index in [0.717, 1.165) is 6.07 Å². The molecular weight excluding hydrogens is 234 g/mol. The topological polar surface area (TPSA) is 26.0 Å². The zero-order valence-electron chi connectivity index (χ0n) is 9.74. The Morgan fingerprint density at radius 3 is 2.18 bits per heavy atom. The molecule has 0 bridgehead atoms. The van der Waals surface area contributed by atoms with E-state index in [9.17, 15) is 17.6 Å². The Balaban J connectivity index is 2.99. The highest BCUT2D eigenvalue weighted by Crippen LogP contribution is 2.31. The van der Waals surface area contributed by atoms with Gasteiger partial charge in [0.25, 0.3) is 0 Å². The molecule has 0 saturated carbocycles. The van der Waals surface area contributed by atoms with E-state index in [-0.39, 0.29) is 11.0 Å². The van der Waals surface area contributed by atoms with Gasteiger partial charge in [-0.25, -0.2) is 4.39 Å². The van der Waals surface area contributed by atoms with Crippen molar-refractivity contribution in [1.29, 1.82) is 0 Å². The fourth-order valence-corrected chi connectivity index (χ4v) is 1.45. The number of rotatable bonds is 3. The summed E-state index contributed by atoms with van der Waals surface area (Å²) in [5, 5.41) is 0. The van der Waals surface area contributed by atoms with E-state index >= 15 is 0 Å². The SMILES string of the molecule is CC(C)(CN)Cc1ccc(C(F)(F)F)cc1F. The fourth-order valence-electron chi connectivity index (χ4n) is 1.45. The summed E-state index contributed by atoms with van der Waals surface area (Å²) in [6.07, 6.45) is -4.20. The van der Waals surface area contributed by atoms with Crippen molar-refractivity contribution in [2.45, 2.75) is 26.4 Å². The summed E-state index contributed by atoms with van der Waals surface area (Å²) in [6.45, 7) is 4.02. The summed E-state index contributed by atoms with van der Waals surface area (Å²) in [6, 6.07) is 2.60. The van der Waals surface area contributed by atoms with Crippen molar-refractivity contribution in [2.75, 3.05) is 6.54 Å². The van der Waals surface area contributed by atoms with Crippen LogP contribution in [0.4, 0.5) is 17.6 Å².